The Morgan fingerprint density at radius 3 is 2.90 bits per heavy atom. The first-order chi connectivity index (χ1) is 10.0. The number of hydrogen-bond acceptors (Lipinski definition) is 7. The maximum Gasteiger partial charge on any atom is 0.315 e. The molecule has 0 aromatic carbocycles. The van der Waals surface area contributed by atoms with E-state index in [1.165, 1.54) is 0 Å². The summed E-state index contributed by atoms with van der Waals surface area (Å²) in [5.74, 6) is 0.559. The van der Waals surface area contributed by atoms with Gasteiger partial charge in [-0.15, -0.1) is 16.4 Å². The van der Waals surface area contributed by atoms with Crippen molar-refractivity contribution in [1.82, 2.24) is 15.2 Å². The zero-order chi connectivity index (χ0) is 14.9. The second-order valence-electron chi connectivity index (χ2n) is 6.19. The van der Waals surface area contributed by atoms with Gasteiger partial charge in [0.1, 0.15) is 6.10 Å². The molecule has 21 heavy (non-hydrogen) atoms. The van der Waals surface area contributed by atoms with Crippen LogP contribution >= 0.6 is 11.3 Å². The van der Waals surface area contributed by atoms with Gasteiger partial charge in [0, 0.05) is 17.4 Å². The predicted molar refractivity (Wildman–Crippen MR) is 80.4 cm³/mol. The third kappa shape index (κ3) is 3.41. The van der Waals surface area contributed by atoms with Gasteiger partial charge in [0.15, 0.2) is 0 Å². The molecule has 2 aromatic rings. The van der Waals surface area contributed by atoms with E-state index in [0.717, 1.165) is 30.2 Å². The molecule has 1 aliphatic heterocycles. The minimum atomic E-state index is -0.0418. The van der Waals surface area contributed by atoms with Gasteiger partial charge in [-0.25, -0.2) is 4.98 Å². The highest BCUT2D eigenvalue weighted by Crippen LogP contribution is 2.28. The maximum atomic E-state index is 5.58. The van der Waals surface area contributed by atoms with Crippen molar-refractivity contribution in [3.63, 3.8) is 0 Å². The van der Waals surface area contributed by atoms with Crippen molar-refractivity contribution in [2.45, 2.75) is 51.7 Å². The van der Waals surface area contributed by atoms with Crippen LogP contribution in [0.15, 0.2) is 9.80 Å². The number of anilines is 1. The summed E-state index contributed by atoms with van der Waals surface area (Å²) in [6.07, 6.45) is 1.95. The van der Waals surface area contributed by atoms with Gasteiger partial charge in [0.25, 0.3) is 0 Å². The van der Waals surface area contributed by atoms with Crippen molar-refractivity contribution in [1.29, 1.82) is 0 Å². The molecule has 1 unspecified atom stereocenters. The average molecular weight is 308 g/mol. The zero-order valence-corrected chi connectivity index (χ0v) is 13.4. The van der Waals surface area contributed by atoms with Crippen LogP contribution in [0.4, 0.5) is 6.01 Å². The second-order valence-corrected chi connectivity index (χ2v) is 7.05. The van der Waals surface area contributed by atoms with E-state index in [-0.39, 0.29) is 11.5 Å². The summed E-state index contributed by atoms with van der Waals surface area (Å²) in [6, 6.07) is 0.422. The Kier molecular flexibility index (Phi) is 3.95. The Hall–Kier alpha value is -1.47. The van der Waals surface area contributed by atoms with Crippen molar-refractivity contribution in [3.05, 3.63) is 22.0 Å². The first-order valence-corrected chi connectivity index (χ1v) is 8.04. The highest BCUT2D eigenvalue weighted by molar-refractivity contribution is 7.09. The molecule has 6 nitrogen and oxygen atoms in total. The second kappa shape index (κ2) is 5.73. The molecule has 2 aromatic heterocycles. The standard InChI is InChI=1S/C14H20N4O2S/c1-14(2,3)12-16-9(8-21-12)7-15-13-18-17-11(20-13)10-5-4-6-19-10/h8,10H,4-7H2,1-3H3,(H,15,18). The van der Waals surface area contributed by atoms with E-state index in [1.807, 2.05) is 0 Å². The lowest BCUT2D eigenvalue weighted by atomic mass is 9.98. The van der Waals surface area contributed by atoms with Gasteiger partial charge in [-0.1, -0.05) is 25.9 Å². The van der Waals surface area contributed by atoms with Crippen LogP contribution in [0, 0.1) is 0 Å². The van der Waals surface area contributed by atoms with Crippen LogP contribution in [0.1, 0.15) is 56.3 Å². The largest absolute Gasteiger partial charge is 0.405 e. The topological polar surface area (TPSA) is 73.1 Å². The van der Waals surface area contributed by atoms with E-state index in [0.29, 0.717) is 18.5 Å². The zero-order valence-electron chi connectivity index (χ0n) is 12.5. The van der Waals surface area contributed by atoms with Crippen LogP contribution in [0.3, 0.4) is 0 Å². The minimum Gasteiger partial charge on any atom is -0.405 e. The van der Waals surface area contributed by atoms with Crippen LogP contribution in [0.2, 0.25) is 0 Å². The number of nitrogens with one attached hydrogen (secondary N) is 1. The summed E-state index contributed by atoms with van der Waals surface area (Å²) >= 11 is 1.68. The molecule has 0 amide bonds. The Balaban J connectivity index is 1.59. The Labute approximate surface area is 127 Å². The van der Waals surface area contributed by atoms with Gasteiger partial charge in [-0.2, -0.15) is 0 Å². The first kappa shape index (κ1) is 14.5. The molecule has 0 radical (unpaired) electrons. The Morgan fingerprint density at radius 2 is 2.24 bits per heavy atom. The lowest BCUT2D eigenvalue weighted by Gasteiger charge is -2.13. The van der Waals surface area contributed by atoms with Gasteiger partial charge in [-0.3, -0.25) is 0 Å². The molecule has 1 atom stereocenters. The van der Waals surface area contributed by atoms with E-state index in [9.17, 15) is 0 Å². The normalized spacial score (nSPS) is 19.1. The van der Waals surface area contributed by atoms with Gasteiger partial charge in [-0.05, 0) is 12.8 Å². The molecular weight excluding hydrogens is 288 g/mol. The fourth-order valence-electron chi connectivity index (χ4n) is 2.11. The van der Waals surface area contributed by atoms with Crippen molar-refractivity contribution in [2.75, 3.05) is 11.9 Å². The average Bonchev–Trinajstić information content (AvgIpc) is 3.16. The molecule has 1 fully saturated rings. The highest BCUT2D eigenvalue weighted by atomic mass is 32.1. The van der Waals surface area contributed by atoms with E-state index in [4.69, 9.17) is 9.15 Å². The van der Waals surface area contributed by atoms with Crippen LogP contribution in [-0.2, 0) is 16.7 Å². The summed E-state index contributed by atoms with van der Waals surface area (Å²) in [4.78, 5) is 4.62. The molecule has 3 heterocycles. The van der Waals surface area contributed by atoms with E-state index in [1.54, 1.807) is 11.3 Å². The third-order valence-corrected chi connectivity index (χ3v) is 4.58. The van der Waals surface area contributed by atoms with Crippen LogP contribution in [0.25, 0.3) is 0 Å². The number of thiazole rings is 1. The summed E-state index contributed by atoms with van der Waals surface area (Å²) < 4.78 is 11.1. The molecule has 0 saturated carbocycles. The van der Waals surface area contributed by atoms with Gasteiger partial charge in [0.2, 0.25) is 5.89 Å². The first-order valence-electron chi connectivity index (χ1n) is 7.16. The summed E-state index contributed by atoms with van der Waals surface area (Å²) in [5.41, 5.74) is 1.07. The van der Waals surface area contributed by atoms with Crippen LogP contribution < -0.4 is 5.32 Å². The van der Waals surface area contributed by atoms with Crippen molar-refractivity contribution >= 4 is 17.4 Å². The number of rotatable bonds is 4. The smallest absolute Gasteiger partial charge is 0.315 e. The monoisotopic (exact) mass is 308 g/mol. The predicted octanol–water partition coefficient (Wildman–Crippen LogP) is 3.29. The van der Waals surface area contributed by atoms with Crippen molar-refractivity contribution in [2.24, 2.45) is 0 Å². The fourth-order valence-corrected chi connectivity index (χ4v) is 3.01. The Morgan fingerprint density at radius 1 is 1.38 bits per heavy atom. The molecular formula is C14H20N4O2S. The molecule has 0 spiro atoms. The molecule has 114 valence electrons. The van der Waals surface area contributed by atoms with Crippen molar-refractivity contribution < 1.29 is 9.15 Å². The number of ether oxygens (including phenoxy) is 1. The lowest BCUT2D eigenvalue weighted by molar-refractivity contribution is 0.0897. The quantitative estimate of drug-likeness (QED) is 0.934. The molecule has 1 N–H and O–H groups in total. The fraction of sp³-hybridized carbons (Fsp3) is 0.643. The number of hydrogen-bond donors (Lipinski definition) is 1. The van der Waals surface area contributed by atoms with Gasteiger partial charge < -0.3 is 14.5 Å². The summed E-state index contributed by atoms with van der Waals surface area (Å²) in [6.45, 7) is 7.84. The highest BCUT2D eigenvalue weighted by Gasteiger charge is 2.23. The molecule has 0 aliphatic carbocycles. The molecule has 7 heteroatoms. The van der Waals surface area contributed by atoms with E-state index >= 15 is 0 Å². The lowest BCUT2D eigenvalue weighted by Crippen LogP contribution is -2.11. The van der Waals surface area contributed by atoms with Crippen molar-refractivity contribution in [3.8, 4) is 0 Å². The van der Waals surface area contributed by atoms with E-state index in [2.05, 4.69) is 46.6 Å². The number of nitrogens with zero attached hydrogens (tertiary/aromatic N) is 3. The van der Waals surface area contributed by atoms with Crippen LogP contribution in [0.5, 0.6) is 0 Å². The molecule has 1 saturated heterocycles. The van der Waals surface area contributed by atoms with Crippen LogP contribution in [-0.4, -0.2) is 21.8 Å². The SMILES string of the molecule is CC(C)(C)c1nc(CNc2nnc(C3CCCO3)o2)cs1. The molecule has 0 bridgehead atoms. The number of aromatic nitrogens is 3. The van der Waals surface area contributed by atoms with Gasteiger partial charge in [0.05, 0.1) is 17.2 Å². The minimum absolute atomic E-state index is 0.0418. The molecule has 1 aliphatic rings. The van der Waals surface area contributed by atoms with E-state index < -0.39 is 0 Å². The maximum absolute atomic E-state index is 5.58. The van der Waals surface area contributed by atoms with Gasteiger partial charge >= 0.3 is 6.01 Å². The summed E-state index contributed by atoms with van der Waals surface area (Å²) in [5, 5.41) is 14.3. The molecule has 3 rings (SSSR count). The Bertz CT molecular complexity index is 596. The summed E-state index contributed by atoms with van der Waals surface area (Å²) in [7, 11) is 0. The third-order valence-electron chi connectivity index (χ3n) is 3.26.